The Hall–Kier alpha value is -2.21. The number of rotatable bonds is 6. The lowest BCUT2D eigenvalue weighted by molar-refractivity contribution is -0.126. The minimum Gasteiger partial charge on any atom is -0.387 e. The average Bonchev–Trinajstić information content (AvgIpc) is 3.21. The molecule has 122 valence electrons. The van der Waals surface area contributed by atoms with Gasteiger partial charge in [0, 0.05) is 12.0 Å². The van der Waals surface area contributed by atoms with Crippen LogP contribution in [0, 0.1) is 5.41 Å². The molecule has 3 rings (SSSR count). The van der Waals surface area contributed by atoms with Crippen molar-refractivity contribution in [1.82, 2.24) is 20.3 Å². The van der Waals surface area contributed by atoms with Crippen molar-refractivity contribution >= 4 is 5.91 Å². The lowest BCUT2D eigenvalue weighted by atomic mass is 10.0. The minimum absolute atomic E-state index is 0.0991. The Labute approximate surface area is 135 Å². The van der Waals surface area contributed by atoms with Crippen LogP contribution in [0.1, 0.15) is 50.5 Å². The highest BCUT2D eigenvalue weighted by Gasteiger charge is 2.47. The van der Waals surface area contributed by atoms with E-state index in [1.54, 1.807) is 17.8 Å². The van der Waals surface area contributed by atoms with E-state index < -0.39 is 6.10 Å². The van der Waals surface area contributed by atoms with Crippen LogP contribution in [0.3, 0.4) is 0 Å². The number of amides is 1. The van der Waals surface area contributed by atoms with Gasteiger partial charge in [0.15, 0.2) is 0 Å². The second-order valence-corrected chi connectivity index (χ2v) is 6.25. The zero-order chi connectivity index (χ0) is 16.4. The van der Waals surface area contributed by atoms with Crippen LogP contribution in [0.15, 0.2) is 30.5 Å². The molecule has 2 N–H and O–H groups in total. The predicted octanol–water partition coefficient (Wildman–Crippen LogP) is 2.13. The number of nitrogens with zero attached hydrogens (tertiary/aromatic N) is 3. The third kappa shape index (κ3) is 3.27. The van der Waals surface area contributed by atoms with E-state index in [0.29, 0.717) is 12.2 Å². The summed E-state index contributed by atoms with van der Waals surface area (Å²) in [7, 11) is 0. The fourth-order valence-corrected chi connectivity index (χ4v) is 2.62. The fraction of sp³-hybridized carbons (Fsp3) is 0.471. The molecule has 1 fully saturated rings. The Bertz CT molecular complexity index is 687. The highest BCUT2D eigenvalue weighted by molar-refractivity contribution is 5.85. The average molecular weight is 314 g/mol. The van der Waals surface area contributed by atoms with Gasteiger partial charge in [-0.15, -0.1) is 5.10 Å². The van der Waals surface area contributed by atoms with Crippen LogP contribution in [-0.2, 0) is 11.3 Å². The first kappa shape index (κ1) is 15.7. The van der Waals surface area contributed by atoms with Crippen molar-refractivity contribution in [2.75, 3.05) is 0 Å². The van der Waals surface area contributed by atoms with E-state index >= 15 is 0 Å². The summed E-state index contributed by atoms with van der Waals surface area (Å²) in [4.78, 5) is 12.1. The summed E-state index contributed by atoms with van der Waals surface area (Å²) in [6.07, 6.45) is 4.00. The SMILES string of the molecule is CCC1(C(=O)NCc2ccc(-n3cc(C(C)O)nn3)cc2)CC1. The van der Waals surface area contributed by atoms with Crippen LogP contribution in [0.2, 0.25) is 0 Å². The van der Waals surface area contributed by atoms with Crippen molar-refractivity contribution in [3.63, 3.8) is 0 Å². The first-order valence-electron chi connectivity index (χ1n) is 8.02. The van der Waals surface area contributed by atoms with Gasteiger partial charge in [-0.2, -0.15) is 0 Å². The number of carbonyl (C=O) groups is 1. The number of aliphatic hydroxyl groups excluding tert-OH is 1. The molecule has 6 heteroatoms. The highest BCUT2D eigenvalue weighted by Crippen LogP contribution is 2.48. The molecule has 1 aliphatic carbocycles. The predicted molar refractivity (Wildman–Crippen MR) is 85.8 cm³/mol. The topological polar surface area (TPSA) is 80.0 Å². The smallest absolute Gasteiger partial charge is 0.226 e. The van der Waals surface area contributed by atoms with E-state index in [1.807, 2.05) is 24.3 Å². The highest BCUT2D eigenvalue weighted by atomic mass is 16.3. The number of nitrogens with one attached hydrogen (secondary N) is 1. The second-order valence-electron chi connectivity index (χ2n) is 6.25. The number of benzene rings is 1. The van der Waals surface area contributed by atoms with Crippen molar-refractivity contribution in [3.8, 4) is 5.69 Å². The number of aromatic nitrogens is 3. The van der Waals surface area contributed by atoms with Gasteiger partial charge in [0.05, 0.1) is 18.0 Å². The molecular weight excluding hydrogens is 292 g/mol. The van der Waals surface area contributed by atoms with E-state index in [0.717, 1.165) is 30.5 Å². The largest absolute Gasteiger partial charge is 0.387 e. The Kier molecular flexibility index (Phi) is 4.17. The van der Waals surface area contributed by atoms with E-state index in [-0.39, 0.29) is 11.3 Å². The summed E-state index contributed by atoms with van der Waals surface area (Å²) in [6.45, 7) is 4.27. The van der Waals surface area contributed by atoms with Gasteiger partial charge in [-0.1, -0.05) is 24.3 Å². The van der Waals surface area contributed by atoms with Gasteiger partial charge in [0.1, 0.15) is 5.69 Å². The summed E-state index contributed by atoms with van der Waals surface area (Å²) >= 11 is 0. The lowest BCUT2D eigenvalue weighted by Gasteiger charge is -2.13. The quantitative estimate of drug-likeness (QED) is 0.856. The van der Waals surface area contributed by atoms with Gasteiger partial charge >= 0.3 is 0 Å². The summed E-state index contributed by atoms with van der Waals surface area (Å²) in [5.41, 5.74) is 2.35. The fourth-order valence-electron chi connectivity index (χ4n) is 2.62. The molecule has 1 amide bonds. The summed E-state index contributed by atoms with van der Waals surface area (Å²) in [6, 6.07) is 7.78. The van der Waals surface area contributed by atoms with Crippen LogP contribution in [-0.4, -0.2) is 26.0 Å². The van der Waals surface area contributed by atoms with Crippen molar-refractivity contribution in [3.05, 3.63) is 41.7 Å². The Morgan fingerprint density at radius 1 is 1.39 bits per heavy atom. The molecule has 1 unspecified atom stereocenters. The lowest BCUT2D eigenvalue weighted by Crippen LogP contribution is -2.31. The summed E-state index contributed by atoms with van der Waals surface area (Å²) < 4.78 is 1.63. The van der Waals surface area contributed by atoms with Crippen LogP contribution in [0.5, 0.6) is 0 Å². The zero-order valence-corrected chi connectivity index (χ0v) is 13.5. The van der Waals surface area contributed by atoms with Gasteiger partial charge in [-0.25, -0.2) is 4.68 Å². The van der Waals surface area contributed by atoms with Gasteiger partial charge < -0.3 is 10.4 Å². The Morgan fingerprint density at radius 2 is 2.09 bits per heavy atom. The van der Waals surface area contributed by atoms with Crippen molar-refractivity contribution < 1.29 is 9.90 Å². The van der Waals surface area contributed by atoms with Gasteiger partial charge in [-0.05, 0) is 43.9 Å². The third-order valence-electron chi connectivity index (χ3n) is 4.61. The van der Waals surface area contributed by atoms with Gasteiger partial charge in [-0.3, -0.25) is 4.79 Å². The summed E-state index contributed by atoms with van der Waals surface area (Å²) in [5.74, 6) is 0.168. The van der Waals surface area contributed by atoms with Crippen LogP contribution in [0.4, 0.5) is 0 Å². The monoisotopic (exact) mass is 314 g/mol. The molecule has 0 saturated heterocycles. The van der Waals surface area contributed by atoms with E-state index in [9.17, 15) is 9.90 Å². The molecule has 0 bridgehead atoms. The Morgan fingerprint density at radius 3 is 2.61 bits per heavy atom. The molecule has 0 radical (unpaired) electrons. The van der Waals surface area contributed by atoms with Gasteiger partial charge in [0.25, 0.3) is 0 Å². The molecule has 23 heavy (non-hydrogen) atoms. The molecular formula is C17H22N4O2. The standard InChI is InChI=1S/C17H22N4O2/c1-3-17(8-9-17)16(23)18-10-13-4-6-14(7-5-13)21-11-15(12(2)22)19-20-21/h4-7,11-12,22H,3,8-10H2,1-2H3,(H,18,23). The van der Waals surface area contributed by atoms with Crippen LogP contribution >= 0.6 is 0 Å². The number of hydrogen-bond acceptors (Lipinski definition) is 4. The molecule has 6 nitrogen and oxygen atoms in total. The normalized spacial score (nSPS) is 16.8. The minimum atomic E-state index is -0.633. The molecule has 1 aromatic heterocycles. The number of carbonyl (C=O) groups excluding carboxylic acids is 1. The Balaban J connectivity index is 1.61. The molecule has 1 atom stereocenters. The van der Waals surface area contributed by atoms with E-state index in [4.69, 9.17) is 0 Å². The first-order valence-corrected chi connectivity index (χ1v) is 8.02. The molecule has 1 aromatic carbocycles. The van der Waals surface area contributed by atoms with E-state index in [1.165, 1.54) is 0 Å². The second kappa shape index (κ2) is 6.12. The number of hydrogen-bond donors (Lipinski definition) is 2. The maximum absolute atomic E-state index is 12.1. The summed E-state index contributed by atoms with van der Waals surface area (Å²) in [5, 5.41) is 20.4. The van der Waals surface area contributed by atoms with E-state index in [2.05, 4.69) is 22.6 Å². The van der Waals surface area contributed by atoms with Crippen molar-refractivity contribution in [1.29, 1.82) is 0 Å². The molecule has 1 saturated carbocycles. The third-order valence-corrected chi connectivity index (χ3v) is 4.61. The van der Waals surface area contributed by atoms with Crippen molar-refractivity contribution in [2.45, 2.75) is 45.8 Å². The maximum Gasteiger partial charge on any atom is 0.226 e. The molecule has 1 aliphatic rings. The zero-order valence-electron chi connectivity index (χ0n) is 13.5. The molecule has 1 heterocycles. The molecule has 0 aliphatic heterocycles. The first-order chi connectivity index (χ1) is 11.0. The number of aliphatic hydroxyl groups is 1. The van der Waals surface area contributed by atoms with Crippen molar-refractivity contribution in [2.24, 2.45) is 5.41 Å². The van der Waals surface area contributed by atoms with Crippen LogP contribution < -0.4 is 5.32 Å². The maximum atomic E-state index is 12.1. The van der Waals surface area contributed by atoms with Gasteiger partial charge in [0.2, 0.25) is 5.91 Å². The van der Waals surface area contributed by atoms with Crippen LogP contribution in [0.25, 0.3) is 5.69 Å². The molecule has 0 spiro atoms. The molecule has 2 aromatic rings.